The lowest BCUT2D eigenvalue weighted by atomic mass is 10.0. The van der Waals surface area contributed by atoms with Gasteiger partial charge in [0.1, 0.15) is 17.1 Å². The minimum atomic E-state index is -0.0516. The zero-order chi connectivity index (χ0) is 18.1. The van der Waals surface area contributed by atoms with Gasteiger partial charge in [-0.1, -0.05) is 37.3 Å². The summed E-state index contributed by atoms with van der Waals surface area (Å²) in [6.45, 7) is 3.23. The van der Waals surface area contributed by atoms with E-state index in [1.807, 2.05) is 29.6 Å². The Kier molecular flexibility index (Phi) is 4.49. The maximum atomic E-state index is 12.2. The molecule has 1 atom stereocenters. The molecule has 0 saturated carbocycles. The van der Waals surface area contributed by atoms with E-state index < -0.39 is 0 Å². The predicted octanol–water partition coefficient (Wildman–Crippen LogP) is 4.38. The number of rotatable bonds is 5. The van der Waals surface area contributed by atoms with Crippen LogP contribution in [0.4, 0.5) is 0 Å². The van der Waals surface area contributed by atoms with Gasteiger partial charge >= 0.3 is 0 Å². The summed E-state index contributed by atoms with van der Waals surface area (Å²) >= 11 is 1.45. The molecule has 4 nitrogen and oxygen atoms in total. The van der Waals surface area contributed by atoms with E-state index in [0.29, 0.717) is 19.1 Å². The van der Waals surface area contributed by atoms with Crippen LogP contribution in [0, 0.1) is 0 Å². The summed E-state index contributed by atoms with van der Waals surface area (Å²) in [6.07, 6.45) is 0. The molecule has 0 radical (unpaired) electrons. The summed E-state index contributed by atoms with van der Waals surface area (Å²) in [4.78, 5) is 15.1. The topological polar surface area (TPSA) is 68.1 Å². The van der Waals surface area contributed by atoms with E-state index in [2.05, 4.69) is 36.2 Å². The lowest BCUT2D eigenvalue weighted by molar-refractivity contribution is 0.310. The van der Waals surface area contributed by atoms with Crippen LogP contribution in [-0.4, -0.2) is 11.5 Å². The molecule has 2 heterocycles. The number of hydrogen-bond acceptors (Lipinski definition) is 4. The molecule has 0 unspecified atom stereocenters. The van der Waals surface area contributed by atoms with Crippen molar-refractivity contribution in [1.82, 2.24) is 4.98 Å². The third-order valence-corrected chi connectivity index (χ3v) is 5.63. The molecule has 0 aliphatic heterocycles. The number of thiophene rings is 1. The quantitative estimate of drug-likeness (QED) is 0.552. The first-order chi connectivity index (χ1) is 12.7. The molecule has 4 aromatic rings. The number of hydrogen-bond donors (Lipinski definition) is 2. The van der Waals surface area contributed by atoms with Crippen LogP contribution < -0.4 is 16.0 Å². The zero-order valence-corrected chi connectivity index (χ0v) is 15.3. The average molecular weight is 364 g/mol. The summed E-state index contributed by atoms with van der Waals surface area (Å²) in [6, 6.07) is 16.1. The van der Waals surface area contributed by atoms with Gasteiger partial charge in [0.15, 0.2) is 0 Å². The van der Waals surface area contributed by atoms with E-state index in [-0.39, 0.29) is 5.56 Å². The Morgan fingerprint density at radius 2 is 1.96 bits per heavy atom. The van der Waals surface area contributed by atoms with Crippen LogP contribution in [0.1, 0.15) is 24.0 Å². The van der Waals surface area contributed by atoms with Gasteiger partial charge in [-0.05, 0) is 47.2 Å². The normalized spacial score (nSPS) is 12.5. The molecule has 0 aliphatic carbocycles. The maximum absolute atomic E-state index is 12.2. The van der Waals surface area contributed by atoms with Gasteiger partial charge in [0.25, 0.3) is 5.56 Å². The summed E-state index contributed by atoms with van der Waals surface area (Å²) in [5.74, 6) is 1.13. The van der Waals surface area contributed by atoms with Gasteiger partial charge in [-0.15, -0.1) is 11.3 Å². The molecule has 26 heavy (non-hydrogen) atoms. The highest BCUT2D eigenvalue weighted by atomic mass is 32.1. The number of pyridine rings is 1. The number of nitrogens with one attached hydrogen (secondary N) is 1. The van der Waals surface area contributed by atoms with Crippen molar-refractivity contribution in [3.63, 3.8) is 0 Å². The van der Waals surface area contributed by atoms with Crippen molar-refractivity contribution >= 4 is 32.3 Å². The van der Waals surface area contributed by atoms with Crippen molar-refractivity contribution in [3.8, 4) is 5.75 Å². The lowest BCUT2D eigenvalue weighted by Gasteiger charge is -2.12. The molecular formula is C21H20N2O2S. The van der Waals surface area contributed by atoms with E-state index >= 15 is 0 Å². The van der Waals surface area contributed by atoms with Crippen molar-refractivity contribution in [2.24, 2.45) is 5.73 Å². The van der Waals surface area contributed by atoms with E-state index in [0.717, 1.165) is 32.3 Å². The fourth-order valence-corrected chi connectivity index (χ4v) is 3.93. The number of aromatic nitrogens is 1. The SMILES string of the molecule is C[C@@H](CN)c1ccc(COc2cccc3[nH]c(=O)c4sccc4c23)cc1. The van der Waals surface area contributed by atoms with Crippen LogP contribution in [-0.2, 0) is 6.61 Å². The number of H-pyrrole nitrogens is 1. The highest BCUT2D eigenvalue weighted by molar-refractivity contribution is 7.17. The van der Waals surface area contributed by atoms with Crippen molar-refractivity contribution in [2.75, 3.05) is 6.54 Å². The molecule has 5 heteroatoms. The van der Waals surface area contributed by atoms with Crippen molar-refractivity contribution < 1.29 is 4.74 Å². The first kappa shape index (κ1) is 16.8. The molecule has 2 aromatic heterocycles. The highest BCUT2D eigenvalue weighted by Crippen LogP contribution is 2.32. The van der Waals surface area contributed by atoms with Crippen molar-refractivity contribution in [1.29, 1.82) is 0 Å². The summed E-state index contributed by atoms with van der Waals surface area (Å²) in [5.41, 5.74) is 8.81. The molecule has 0 aliphatic rings. The van der Waals surface area contributed by atoms with Crippen LogP contribution in [0.2, 0.25) is 0 Å². The highest BCUT2D eigenvalue weighted by Gasteiger charge is 2.11. The van der Waals surface area contributed by atoms with E-state index in [9.17, 15) is 4.79 Å². The molecule has 2 aromatic carbocycles. The van der Waals surface area contributed by atoms with Gasteiger partial charge in [0.05, 0.1) is 5.52 Å². The molecule has 0 saturated heterocycles. The minimum absolute atomic E-state index is 0.0516. The predicted molar refractivity (Wildman–Crippen MR) is 108 cm³/mol. The number of nitrogens with two attached hydrogens (primary N) is 1. The fourth-order valence-electron chi connectivity index (χ4n) is 3.13. The largest absolute Gasteiger partial charge is 0.488 e. The first-order valence-electron chi connectivity index (χ1n) is 8.61. The van der Waals surface area contributed by atoms with E-state index in [4.69, 9.17) is 10.5 Å². The second-order valence-corrected chi connectivity index (χ2v) is 7.38. The monoisotopic (exact) mass is 364 g/mol. The van der Waals surface area contributed by atoms with Crippen LogP contribution in [0.5, 0.6) is 5.75 Å². The van der Waals surface area contributed by atoms with Crippen molar-refractivity contribution in [2.45, 2.75) is 19.4 Å². The van der Waals surface area contributed by atoms with Gasteiger partial charge in [-0.3, -0.25) is 4.79 Å². The fraction of sp³-hybridized carbons (Fsp3) is 0.190. The van der Waals surface area contributed by atoms with Gasteiger partial charge in [-0.2, -0.15) is 0 Å². The molecular weight excluding hydrogens is 344 g/mol. The van der Waals surface area contributed by atoms with E-state index in [1.54, 1.807) is 0 Å². The Balaban J connectivity index is 1.65. The number of benzene rings is 2. The third-order valence-electron chi connectivity index (χ3n) is 4.71. The van der Waals surface area contributed by atoms with Crippen LogP contribution in [0.25, 0.3) is 21.0 Å². The Morgan fingerprint density at radius 3 is 2.73 bits per heavy atom. The Bertz CT molecular complexity index is 1110. The first-order valence-corrected chi connectivity index (χ1v) is 9.49. The van der Waals surface area contributed by atoms with Gasteiger partial charge < -0.3 is 15.5 Å². The molecule has 0 bridgehead atoms. The summed E-state index contributed by atoms with van der Waals surface area (Å²) in [7, 11) is 0. The Morgan fingerprint density at radius 1 is 1.15 bits per heavy atom. The molecule has 0 fully saturated rings. The minimum Gasteiger partial charge on any atom is -0.488 e. The average Bonchev–Trinajstić information content (AvgIpc) is 3.16. The molecule has 0 amide bonds. The van der Waals surface area contributed by atoms with Crippen molar-refractivity contribution in [3.05, 3.63) is 75.4 Å². The van der Waals surface area contributed by atoms with E-state index in [1.165, 1.54) is 16.9 Å². The second-order valence-electron chi connectivity index (χ2n) is 6.46. The van der Waals surface area contributed by atoms with Gasteiger partial charge in [0.2, 0.25) is 0 Å². The zero-order valence-electron chi connectivity index (χ0n) is 14.5. The standard InChI is InChI=1S/C21H20N2O2S/c1-13(11-22)15-7-5-14(6-8-15)12-25-18-4-2-3-17-19(18)16-9-10-26-20(16)21(24)23-17/h2-10,13H,11-12,22H2,1H3,(H,23,24)/t13-/m0/s1. The molecule has 4 rings (SSSR count). The Hall–Kier alpha value is -2.63. The molecule has 3 N–H and O–H groups in total. The lowest BCUT2D eigenvalue weighted by Crippen LogP contribution is -2.08. The maximum Gasteiger partial charge on any atom is 0.266 e. The summed E-state index contributed by atoms with van der Waals surface area (Å²) < 4.78 is 6.84. The number of ether oxygens (including phenoxy) is 1. The van der Waals surface area contributed by atoms with Crippen LogP contribution in [0.3, 0.4) is 0 Å². The molecule has 132 valence electrons. The number of aromatic amines is 1. The van der Waals surface area contributed by atoms with Crippen LogP contribution in [0.15, 0.2) is 58.7 Å². The Labute approximate surface area is 155 Å². The second kappa shape index (κ2) is 6.94. The third kappa shape index (κ3) is 3.00. The van der Waals surface area contributed by atoms with Gasteiger partial charge in [-0.25, -0.2) is 0 Å². The molecule has 0 spiro atoms. The van der Waals surface area contributed by atoms with Crippen LogP contribution >= 0.6 is 11.3 Å². The smallest absolute Gasteiger partial charge is 0.266 e. The number of fused-ring (bicyclic) bond motifs is 3. The van der Waals surface area contributed by atoms with Gasteiger partial charge in [0, 0.05) is 10.8 Å². The summed E-state index contributed by atoms with van der Waals surface area (Å²) in [5, 5.41) is 3.83.